The Morgan fingerprint density at radius 3 is 2.67 bits per heavy atom. The first kappa shape index (κ1) is 21.0. The van der Waals surface area contributed by atoms with Gasteiger partial charge in [0, 0.05) is 21.6 Å². The Kier molecular flexibility index (Phi) is 7.75. The standard InChI is InChI=1S/C15H12BrFN2O3S.Na/c1-10-3-2-4-12(18-10)7-8-23(21,22)19-15(20)13-6-5-11(17)9-14(13)16;/h2-9H,1H3,(H,19,20);/q;+1/p-1/b8-7+;. The van der Waals surface area contributed by atoms with E-state index in [9.17, 15) is 17.9 Å². The van der Waals surface area contributed by atoms with Gasteiger partial charge in [0.05, 0.1) is 11.1 Å². The van der Waals surface area contributed by atoms with Crippen molar-refractivity contribution in [2.45, 2.75) is 6.92 Å². The Balaban J connectivity index is 0.00000288. The Labute approximate surface area is 169 Å². The number of sulfonamides is 1. The van der Waals surface area contributed by atoms with Crippen LogP contribution in [0.3, 0.4) is 0 Å². The zero-order valence-electron chi connectivity index (χ0n) is 12.9. The van der Waals surface area contributed by atoms with Crippen LogP contribution in [0, 0.1) is 12.7 Å². The molecule has 0 saturated carbocycles. The third-order valence-corrected chi connectivity index (χ3v) is 4.25. The molecule has 0 spiro atoms. The molecule has 0 aliphatic rings. The van der Waals surface area contributed by atoms with Crippen LogP contribution in [0.25, 0.3) is 6.08 Å². The molecule has 24 heavy (non-hydrogen) atoms. The van der Waals surface area contributed by atoms with Crippen LogP contribution in [-0.2, 0) is 10.0 Å². The van der Waals surface area contributed by atoms with Gasteiger partial charge in [-0.1, -0.05) is 22.0 Å². The van der Waals surface area contributed by atoms with Crippen molar-refractivity contribution in [3.8, 4) is 0 Å². The number of aryl methyl sites for hydroxylation is 1. The van der Waals surface area contributed by atoms with E-state index in [1.54, 1.807) is 25.1 Å². The smallest absolute Gasteiger partial charge is 0.858 e. The van der Waals surface area contributed by atoms with E-state index >= 15 is 0 Å². The van der Waals surface area contributed by atoms with Gasteiger partial charge >= 0.3 is 29.6 Å². The molecule has 5 nitrogen and oxygen atoms in total. The molecule has 0 radical (unpaired) electrons. The summed E-state index contributed by atoms with van der Waals surface area (Å²) < 4.78 is 40.0. The van der Waals surface area contributed by atoms with E-state index in [1.165, 1.54) is 6.08 Å². The van der Waals surface area contributed by atoms with Gasteiger partial charge in [0.2, 0.25) is 0 Å². The zero-order valence-corrected chi connectivity index (χ0v) is 17.3. The normalized spacial score (nSPS) is 12.2. The maximum atomic E-state index is 13.0. The number of aromatic nitrogens is 1. The summed E-state index contributed by atoms with van der Waals surface area (Å²) in [6, 6.07) is 8.39. The summed E-state index contributed by atoms with van der Waals surface area (Å²) in [6.45, 7) is 1.77. The van der Waals surface area contributed by atoms with E-state index in [2.05, 4.69) is 25.3 Å². The molecule has 0 saturated heterocycles. The van der Waals surface area contributed by atoms with E-state index in [1.807, 2.05) is 0 Å². The second kappa shape index (κ2) is 8.87. The fourth-order valence-corrected chi connectivity index (χ4v) is 2.89. The van der Waals surface area contributed by atoms with Crippen LogP contribution < -0.4 is 34.7 Å². The minimum Gasteiger partial charge on any atom is -0.858 e. The van der Waals surface area contributed by atoms with Crippen LogP contribution in [0.15, 0.2) is 50.7 Å². The summed E-state index contributed by atoms with van der Waals surface area (Å²) in [5, 5.41) is 12.7. The largest absolute Gasteiger partial charge is 1.00 e. The number of benzene rings is 1. The monoisotopic (exact) mass is 420 g/mol. The van der Waals surface area contributed by atoms with Crippen molar-refractivity contribution in [2.24, 2.45) is 4.40 Å². The van der Waals surface area contributed by atoms with Crippen molar-refractivity contribution >= 4 is 37.9 Å². The molecule has 0 N–H and O–H groups in total. The summed E-state index contributed by atoms with van der Waals surface area (Å²) in [5.74, 6) is -1.54. The quantitative estimate of drug-likeness (QED) is 0.375. The van der Waals surface area contributed by atoms with Gasteiger partial charge in [-0.15, -0.1) is 0 Å². The minimum absolute atomic E-state index is 0. The summed E-state index contributed by atoms with van der Waals surface area (Å²) >= 11 is 3.00. The number of pyridine rings is 1. The van der Waals surface area contributed by atoms with Crippen molar-refractivity contribution in [2.75, 3.05) is 0 Å². The van der Waals surface area contributed by atoms with Gasteiger partial charge in [-0.2, -0.15) is 12.8 Å². The molecular weight excluding hydrogens is 410 g/mol. The molecule has 1 aromatic heterocycles. The number of rotatable bonds is 4. The Morgan fingerprint density at radius 2 is 2.04 bits per heavy atom. The van der Waals surface area contributed by atoms with Crippen LogP contribution in [0.1, 0.15) is 17.0 Å². The summed E-state index contributed by atoms with van der Waals surface area (Å²) in [5.41, 5.74) is 1.11. The first-order chi connectivity index (χ1) is 10.8. The molecule has 0 fully saturated rings. The predicted octanol–water partition coefficient (Wildman–Crippen LogP) is -0.597. The average molecular weight is 421 g/mol. The first-order valence-corrected chi connectivity index (χ1v) is 8.65. The van der Waals surface area contributed by atoms with Crippen molar-refractivity contribution in [3.05, 3.63) is 69.0 Å². The van der Waals surface area contributed by atoms with Crippen molar-refractivity contribution in [1.29, 1.82) is 0 Å². The molecule has 0 unspecified atom stereocenters. The second-order valence-corrected chi connectivity index (χ2v) is 6.88. The number of hydrogen-bond donors (Lipinski definition) is 0. The maximum absolute atomic E-state index is 13.0. The average Bonchev–Trinajstić information content (AvgIpc) is 2.44. The van der Waals surface area contributed by atoms with Gasteiger partial charge in [0.25, 0.3) is 10.0 Å². The van der Waals surface area contributed by atoms with Crippen molar-refractivity contribution in [3.63, 3.8) is 0 Å². The van der Waals surface area contributed by atoms with Gasteiger partial charge in [-0.3, -0.25) is 4.98 Å². The zero-order chi connectivity index (χ0) is 17.0. The number of nitrogens with zero attached hydrogens (tertiary/aromatic N) is 2. The Morgan fingerprint density at radius 1 is 1.33 bits per heavy atom. The van der Waals surface area contributed by atoms with Crippen LogP contribution >= 0.6 is 15.9 Å². The van der Waals surface area contributed by atoms with Crippen LogP contribution in [-0.4, -0.2) is 19.3 Å². The van der Waals surface area contributed by atoms with E-state index in [-0.39, 0.29) is 39.6 Å². The van der Waals surface area contributed by atoms with Gasteiger partial charge in [0.1, 0.15) is 5.82 Å². The van der Waals surface area contributed by atoms with Crippen LogP contribution in [0.4, 0.5) is 4.39 Å². The number of halogens is 2. The summed E-state index contributed by atoms with van der Waals surface area (Å²) in [7, 11) is -4.13. The van der Waals surface area contributed by atoms with E-state index in [0.29, 0.717) is 5.69 Å². The molecule has 0 aliphatic heterocycles. The summed E-state index contributed by atoms with van der Waals surface area (Å²) in [6.07, 6.45) is 1.25. The first-order valence-electron chi connectivity index (χ1n) is 6.36. The molecule has 120 valence electrons. The third kappa shape index (κ3) is 6.10. The van der Waals surface area contributed by atoms with Gasteiger partial charge in [-0.25, -0.2) is 4.39 Å². The van der Waals surface area contributed by atoms with Crippen LogP contribution in [0.5, 0.6) is 0 Å². The molecule has 0 atom stereocenters. The molecule has 1 aromatic carbocycles. The topological polar surface area (TPSA) is 82.5 Å². The Hall–Kier alpha value is -1.06. The van der Waals surface area contributed by atoms with Gasteiger partial charge in [0.15, 0.2) is 0 Å². The molecule has 0 amide bonds. The number of hydrogen-bond acceptors (Lipinski definition) is 4. The minimum atomic E-state index is -4.13. The molecular formula is C15H11BrFN2NaO3S. The van der Waals surface area contributed by atoms with Crippen molar-refractivity contribution in [1.82, 2.24) is 4.98 Å². The van der Waals surface area contributed by atoms with E-state index in [0.717, 1.165) is 29.3 Å². The van der Waals surface area contributed by atoms with E-state index < -0.39 is 21.7 Å². The predicted molar refractivity (Wildman–Crippen MR) is 87.6 cm³/mol. The fourth-order valence-electron chi connectivity index (χ4n) is 1.67. The molecule has 0 bridgehead atoms. The van der Waals surface area contributed by atoms with Crippen LogP contribution in [0.2, 0.25) is 0 Å². The molecule has 1 heterocycles. The fraction of sp³-hybridized carbons (Fsp3) is 0.0667. The SMILES string of the molecule is Cc1cccc(/C=C/S(=O)(=O)/N=C(\[O-])c2ccc(F)cc2Br)n1.[Na+]. The van der Waals surface area contributed by atoms with Crippen molar-refractivity contribution < 1.29 is 47.5 Å². The summed E-state index contributed by atoms with van der Waals surface area (Å²) in [4.78, 5) is 4.11. The van der Waals surface area contributed by atoms with E-state index in [4.69, 9.17) is 0 Å². The maximum Gasteiger partial charge on any atom is 1.00 e. The second-order valence-electron chi connectivity index (χ2n) is 4.54. The Bertz CT molecular complexity index is 901. The van der Waals surface area contributed by atoms with Gasteiger partial charge < -0.3 is 5.11 Å². The molecule has 2 aromatic rings. The van der Waals surface area contributed by atoms with Gasteiger partial charge in [-0.05, 0) is 43.3 Å². The molecule has 0 aliphatic carbocycles. The molecule has 9 heteroatoms. The third-order valence-electron chi connectivity index (χ3n) is 2.69. The molecule has 2 rings (SSSR count).